The number of nitrogens with two attached hydrogens (primary N) is 1. The molecule has 2 aromatic rings. The smallest absolute Gasteiger partial charge is 0.119 e. The number of rotatable bonds is 5. The number of nitrogens with one attached hydrogen (secondary N) is 1. The predicted octanol–water partition coefficient (Wildman–Crippen LogP) is 2.55. The van der Waals surface area contributed by atoms with Crippen LogP contribution in [0.25, 0.3) is 5.69 Å². The predicted molar refractivity (Wildman–Crippen MR) is 86.4 cm³/mol. The van der Waals surface area contributed by atoms with Gasteiger partial charge in [-0.15, -0.1) is 0 Å². The molecule has 1 aromatic carbocycles. The highest BCUT2D eigenvalue weighted by Crippen LogP contribution is 2.31. The van der Waals surface area contributed by atoms with Gasteiger partial charge >= 0.3 is 0 Å². The summed E-state index contributed by atoms with van der Waals surface area (Å²) in [6.45, 7) is 7.86. The maximum Gasteiger partial charge on any atom is 0.119 e. The highest BCUT2D eigenvalue weighted by molar-refractivity contribution is 5.53. The van der Waals surface area contributed by atoms with Crippen LogP contribution >= 0.6 is 0 Å². The topological polar surface area (TPSA) is 65.1 Å². The van der Waals surface area contributed by atoms with Gasteiger partial charge in [0.1, 0.15) is 5.75 Å². The lowest BCUT2D eigenvalue weighted by atomic mass is 9.91. The molecule has 0 atom stereocenters. The van der Waals surface area contributed by atoms with Crippen LogP contribution in [0.5, 0.6) is 5.75 Å². The minimum Gasteiger partial charge on any atom is -0.497 e. The zero-order valence-corrected chi connectivity index (χ0v) is 13.2. The Bertz CT molecular complexity index is 581. The molecule has 0 saturated carbocycles. The van der Waals surface area contributed by atoms with Gasteiger partial charge in [-0.1, -0.05) is 20.8 Å². The van der Waals surface area contributed by atoms with Crippen LogP contribution in [0.2, 0.25) is 0 Å². The van der Waals surface area contributed by atoms with E-state index in [-0.39, 0.29) is 5.41 Å². The third-order valence-electron chi connectivity index (χ3n) is 3.26. The Morgan fingerprint density at radius 3 is 2.43 bits per heavy atom. The van der Waals surface area contributed by atoms with Crippen molar-refractivity contribution >= 4 is 5.69 Å². The highest BCUT2D eigenvalue weighted by Gasteiger charge is 2.24. The van der Waals surface area contributed by atoms with Crippen molar-refractivity contribution in [3.63, 3.8) is 0 Å². The van der Waals surface area contributed by atoms with Crippen LogP contribution in [0.1, 0.15) is 26.5 Å². The van der Waals surface area contributed by atoms with Crippen molar-refractivity contribution < 1.29 is 4.74 Å². The zero-order chi connectivity index (χ0) is 15.5. The number of hydrogen-bond acceptors (Lipinski definition) is 4. The van der Waals surface area contributed by atoms with E-state index in [0.717, 1.165) is 29.4 Å². The van der Waals surface area contributed by atoms with Crippen molar-refractivity contribution in [2.45, 2.75) is 26.2 Å². The Labute approximate surface area is 126 Å². The SMILES string of the molecule is COc1ccc(-n2ncc(NCCN)c2C(C)(C)C)cc1. The van der Waals surface area contributed by atoms with E-state index in [0.29, 0.717) is 6.54 Å². The Hall–Kier alpha value is -2.01. The number of anilines is 1. The third kappa shape index (κ3) is 3.36. The number of methoxy groups -OCH3 is 1. The first-order valence-corrected chi connectivity index (χ1v) is 7.14. The fraction of sp³-hybridized carbons (Fsp3) is 0.438. The molecule has 0 saturated heterocycles. The van der Waals surface area contributed by atoms with E-state index >= 15 is 0 Å². The molecule has 0 bridgehead atoms. The zero-order valence-electron chi connectivity index (χ0n) is 13.2. The summed E-state index contributed by atoms with van der Waals surface area (Å²) in [5, 5.41) is 7.88. The molecule has 0 unspecified atom stereocenters. The van der Waals surface area contributed by atoms with E-state index < -0.39 is 0 Å². The van der Waals surface area contributed by atoms with Crippen LogP contribution in [0, 0.1) is 0 Å². The van der Waals surface area contributed by atoms with Crippen molar-refractivity contribution in [2.24, 2.45) is 5.73 Å². The first-order valence-electron chi connectivity index (χ1n) is 7.14. The fourth-order valence-electron chi connectivity index (χ4n) is 2.33. The second-order valence-corrected chi connectivity index (χ2v) is 5.98. The summed E-state index contributed by atoms with van der Waals surface area (Å²) >= 11 is 0. The molecular formula is C16H24N4O. The number of aromatic nitrogens is 2. The van der Waals surface area contributed by atoms with Crippen molar-refractivity contribution in [2.75, 3.05) is 25.5 Å². The van der Waals surface area contributed by atoms with Gasteiger partial charge in [-0.2, -0.15) is 5.10 Å². The molecule has 21 heavy (non-hydrogen) atoms. The first-order chi connectivity index (χ1) is 9.97. The number of hydrogen-bond donors (Lipinski definition) is 2. The van der Waals surface area contributed by atoms with E-state index in [1.165, 1.54) is 0 Å². The normalized spacial score (nSPS) is 11.5. The summed E-state index contributed by atoms with van der Waals surface area (Å²) in [6, 6.07) is 7.90. The standard InChI is InChI=1S/C16H24N4O/c1-16(2,3)15-14(18-10-9-17)11-19-20(15)12-5-7-13(21-4)8-6-12/h5-8,11,18H,9-10,17H2,1-4H3. The van der Waals surface area contributed by atoms with Crippen LogP contribution < -0.4 is 15.8 Å². The average molecular weight is 288 g/mol. The lowest BCUT2D eigenvalue weighted by molar-refractivity contribution is 0.414. The first kappa shape index (κ1) is 15.4. The number of ether oxygens (including phenoxy) is 1. The maximum absolute atomic E-state index is 5.58. The second-order valence-electron chi connectivity index (χ2n) is 5.98. The van der Waals surface area contributed by atoms with Crippen LogP contribution in [-0.4, -0.2) is 30.0 Å². The van der Waals surface area contributed by atoms with Crippen LogP contribution in [0.15, 0.2) is 30.5 Å². The van der Waals surface area contributed by atoms with E-state index in [1.807, 2.05) is 35.1 Å². The van der Waals surface area contributed by atoms with Crippen LogP contribution in [0.4, 0.5) is 5.69 Å². The fourth-order valence-corrected chi connectivity index (χ4v) is 2.33. The molecule has 114 valence electrons. The van der Waals surface area contributed by atoms with Gasteiger partial charge in [-0.3, -0.25) is 0 Å². The van der Waals surface area contributed by atoms with Gasteiger partial charge in [-0.25, -0.2) is 4.68 Å². The molecule has 1 heterocycles. The molecule has 1 aromatic heterocycles. The van der Waals surface area contributed by atoms with Gasteiger partial charge in [0.2, 0.25) is 0 Å². The molecule has 5 heteroatoms. The van der Waals surface area contributed by atoms with Gasteiger partial charge in [-0.05, 0) is 24.3 Å². The summed E-state index contributed by atoms with van der Waals surface area (Å²) in [7, 11) is 1.67. The summed E-state index contributed by atoms with van der Waals surface area (Å²) in [5.41, 5.74) is 8.73. The second kappa shape index (κ2) is 6.18. The largest absolute Gasteiger partial charge is 0.497 e. The molecule has 5 nitrogen and oxygen atoms in total. The molecule has 0 aliphatic carbocycles. The van der Waals surface area contributed by atoms with Gasteiger partial charge < -0.3 is 15.8 Å². The molecule has 0 amide bonds. The van der Waals surface area contributed by atoms with Crippen molar-refractivity contribution in [3.05, 3.63) is 36.2 Å². The average Bonchev–Trinajstić information content (AvgIpc) is 2.89. The molecule has 3 N–H and O–H groups in total. The van der Waals surface area contributed by atoms with Gasteiger partial charge in [0.15, 0.2) is 0 Å². The number of nitrogens with zero attached hydrogens (tertiary/aromatic N) is 2. The van der Waals surface area contributed by atoms with Crippen molar-refractivity contribution in [1.82, 2.24) is 9.78 Å². The highest BCUT2D eigenvalue weighted by atomic mass is 16.5. The minimum absolute atomic E-state index is 0.0344. The quantitative estimate of drug-likeness (QED) is 0.887. The van der Waals surface area contributed by atoms with Crippen molar-refractivity contribution in [1.29, 1.82) is 0 Å². The summed E-state index contributed by atoms with van der Waals surface area (Å²) in [5.74, 6) is 0.838. The van der Waals surface area contributed by atoms with E-state index in [4.69, 9.17) is 10.5 Å². The van der Waals surface area contributed by atoms with E-state index in [9.17, 15) is 0 Å². The monoisotopic (exact) mass is 288 g/mol. The summed E-state index contributed by atoms with van der Waals surface area (Å²) in [6.07, 6.45) is 1.86. The minimum atomic E-state index is -0.0344. The lowest BCUT2D eigenvalue weighted by Crippen LogP contribution is -2.21. The Morgan fingerprint density at radius 1 is 1.24 bits per heavy atom. The molecule has 0 aliphatic heterocycles. The van der Waals surface area contributed by atoms with Crippen LogP contribution in [0.3, 0.4) is 0 Å². The molecule has 0 spiro atoms. The molecule has 0 fully saturated rings. The molecule has 0 aliphatic rings. The van der Waals surface area contributed by atoms with E-state index in [1.54, 1.807) is 7.11 Å². The van der Waals surface area contributed by atoms with Gasteiger partial charge in [0, 0.05) is 18.5 Å². The third-order valence-corrected chi connectivity index (χ3v) is 3.26. The Balaban J connectivity index is 2.44. The lowest BCUT2D eigenvalue weighted by Gasteiger charge is -2.23. The van der Waals surface area contributed by atoms with E-state index in [2.05, 4.69) is 31.2 Å². The molecule has 0 radical (unpaired) electrons. The Kier molecular flexibility index (Phi) is 4.53. The molecule has 2 rings (SSSR count). The maximum atomic E-state index is 5.58. The van der Waals surface area contributed by atoms with Crippen molar-refractivity contribution in [3.8, 4) is 11.4 Å². The van der Waals surface area contributed by atoms with Gasteiger partial charge in [0.25, 0.3) is 0 Å². The number of benzene rings is 1. The van der Waals surface area contributed by atoms with Crippen LogP contribution in [-0.2, 0) is 5.41 Å². The Morgan fingerprint density at radius 2 is 1.90 bits per heavy atom. The molecular weight excluding hydrogens is 264 g/mol. The summed E-state index contributed by atoms with van der Waals surface area (Å²) < 4.78 is 7.18. The summed E-state index contributed by atoms with van der Waals surface area (Å²) in [4.78, 5) is 0. The van der Waals surface area contributed by atoms with Gasteiger partial charge in [0.05, 0.1) is 30.4 Å².